The van der Waals surface area contributed by atoms with Crippen molar-refractivity contribution in [3.05, 3.63) is 60.7 Å². The maximum Gasteiger partial charge on any atom is 0.260 e. The van der Waals surface area contributed by atoms with Crippen LogP contribution >= 0.6 is 0 Å². The third-order valence-corrected chi connectivity index (χ3v) is 5.25. The van der Waals surface area contributed by atoms with Gasteiger partial charge in [-0.25, -0.2) is 9.97 Å². The fourth-order valence-electron chi connectivity index (χ4n) is 3.80. The second-order valence-corrected chi connectivity index (χ2v) is 11.0. The first-order chi connectivity index (χ1) is 17.5. The number of hydrogen-bond donors (Lipinski definition) is 3. The molecule has 2 aromatic carbocycles. The molecule has 0 aliphatic carbocycles. The van der Waals surface area contributed by atoms with E-state index in [1.165, 1.54) is 0 Å². The van der Waals surface area contributed by atoms with Crippen LogP contribution in [0.3, 0.4) is 0 Å². The molecule has 0 radical (unpaired) electrons. The fourth-order valence-corrected chi connectivity index (χ4v) is 3.80. The van der Waals surface area contributed by atoms with Crippen molar-refractivity contribution in [3.63, 3.8) is 0 Å². The number of hydrogen-bond acceptors (Lipinski definition) is 7. The molecule has 1 amide bonds. The second kappa shape index (κ2) is 10.5. The van der Waals surface area contributed by atoms with Gasteiger partial charge in [0.05, 0.1) is 11.0 Å². The summed E-state index contributed by atoms with van der Waals surface area (Å²) in [4.78, 5) is 21.8. The number of nitrogens with zero attached hydrogens (tertiary/aromatic N) is 2. The molecule has 0 bridgehead atoms. The van der Waals surface area contributed by atoms with E-state index < -0.39 is 0 Å². The van der Waals surface area contributed by atoms with E-state index >= 15 is 0 Å². The SMILES string of the molecule is CC(C)(C)Nc1ccc2c(OCNC(=O)COc3cccc4nc(NC(C)(C)C)ccc34)cccc2n1. The van der Waals surface area contributed by atoms with E-state index in [-0.39, 0.29) is 30.3 Å². The summed E-state index contributed by atoms with van der Waals surface area (Å²) >= 11 is 0. The molecule has 0 aliphatic rings. The van der Waals surface area contributed by atoms with Crippen LogP contribution in [0.5, 0.6) is 11.5 Å². The molecule has 37 heavy (non-hydrogen) atoms. The van der Waals surface area contributed by atoms with Crippen molar-refractivity contribution in [2.75, 3.05) is 24.0 Å². The van der Waals surface area contributed by atoms with Crippen LogP contribution in [-0.4, -0.2) is 40.3 Å². The summed E-state index contributed by atoms with van der Waals surface area (Å²) in [5, 5.41) is 11.2. The van der Waals surface area contributed by atoms with E-state index in [0.29, 0.717) is 11.5 Å². The van der Waals surface area contributed by atoms with Crippen molar-refractivity contribution in [3.8, 4) is 11.5 Å². The largest absolute Gasteiger partial charge is 0.483 e. The zero-order valence-electron chi connectivity index (χ0n) is 22.3. The Balaban J connectivity index is 1.33. The van der Waals surface area contributed by atoms with Gasteiger partial charge in [0.25, 0.3) is 5.91 Å². The third kappa shape index (κ3) is 7.22. The summed E-state index contributed by atoms with van der Waals surface area (Å²) in [6, 6.07) is 19.0. The Bertz CT molecular complexity index is 1410. The summed E-state index contributed by atoms with van der Waals surface area (Å²) < 4.78 is 11.6. The smallest absolute Gasteiger partial charge is 0.260 e. The van der Waals surface area contributed by atoms with E-state index in [4.69, 9.17) is 9.47 Å². The van der Waals surface area contributed by atoms with E-state index in [1.807, 2.05) is 60.7 Å². The van der Waals surface area contributed by atoms with Crippen LogP contribution in [0, 0.1) is 0 Å². The number of nitrogens with one attached hydrogen (secondary N) is 3. The second-order valence-electron chi connectivity index (χ2n) is 11.0. The van der Waals surface area contributed by atoms with Crippen molar-refractivity contribution in [1.29, 1.82) is 0 Å². The summed E-state index contributed by atoms with van der Waals surface area (Å²) in [6.45, 7) is 12.4. The van der Waals surface area contributed by atoms with Crippen molar-refractivity contribution in [2.24, 2.45) is 0 Å². The van der Waals surface area contributed by atoms with E-state index in [2.05, 4.69) is 67.5 Å². The number of ether oxygens (including phenoxy) is 2. The predicted octanol–water partition coefficient (Wildman–Crippen LogP) is 5.74. The Morgan fingerprint density at radius 3 is 1.68 bits per heavy atom. The number of amides is 1. The van der Waals surface area contributed by atoms with Crippen LogP contribution in [0.15, 0.2) is 60.7 Å². The van der Waals surface area contributed by atoms with Gasteiger partial charge in [0.2, 0.25) is 0 Å². The molecule has 2 heterocycles. The quantitative estimate of drug-likeness (QED) is 0.265. The fraction of sp³-hybridized carbons (Fsp3) is 0.345. The predicted molar refractivity (Wildman–Crippen MR) is 149 cm³/mol. The van der Waals surface area contributed by atoms with Crippen molar-refractivity contribution < 1.29 is 14.3 Å². The highest BCUT2D eigenvalue weighted by molar-refractivity contribution is 5.88. The number of fused-ring (bicyclic) bond motifs is 2. The molecule has 0 saturated carbocycles. The number of rotatable bonds is 8. The lowest BCUT2D eigenvalue weighted by molar-refractivity contribution is -0.123. The molecule has 0 atom stereocenters. The Kier molecular flexibility index (Phi) is 7.38. The van der Waals surface area contributed by atoms with Gasteiger partial charge in [-0.2, -0.15) is 0 Å². The van der Waals surface area contributed by atoms with Gasteiger partial charge in [-0.05, 0) is 90.1 Å². The first-order valence-electron chi connectivity index (χ1n) is 12.4. The first kappa shape index (κ1) is 26.0. The zero-order valence-corrected chi connectivity index (χ0v) is 22.3. The highest BCUT2D eigenvalue weighted by Gasteiger charge is 2.13. The minimum Gasteiger partial charge on any atom is -0.483 e. The number of pyridine rings is 2. The average molecular weight is 502 g/mol. The lowest BCUT2D eigenvalue weighted by atomic mass is 10.1. The van der Waals surface area contributed by atoms with Crippen molar-refractivity contribution in [2.45, 2.75) is 52.6 Å². The van der Waals surface area contributed by atoms with Crippen molar-refractivity contribution >= 4 is 39.3 Å². The lowest BCUT2D eigenvalue weighted by Gasteiger charge is -2.21. The molecule has 3 N–H and O–H groups in total. The number of aromatic nitrogens is 2. The summed E-state index contributed by atoms with van der Waals surface area (Å²) in [7, 11) is 0. The van der Waals surface area contributed by atoms with Gasteiger partial charge in [0.1, 0.15) is 23.1 Å². The van der Waals surface area contributed by atoms with Gasteiger partial charge in [-0.1, -0.05) is 12.1 Å². The van der Waals surface area contributed by atoms with Crippen LogP contribution < -0.4 is 25.4 Å². The Hall–Kier alpha value is -4.07. The van der Waals surface area contributed by atoms with Crippen LogP contribution in [0.4, 0.5) is 11.6 Å². The molecule has 0 saturated heterocycles. The number of benzene rings is 2. The van der Waals surface area contributed by atoms with Gasteiger partial charge in [0.15, 0.2) is 13.3 Å². The van der Waals surface area contributed by atoms with Crippen LogP contribution in [0.2, 0.25) is 0 Å². The normalized spacial score (nSPS) is 11.8. The highest BCUT2D eigenvalue weighted by Crippen LogP contribution is 2.27. The van der Waals surface area contributed by atoms with Crippen molar-refractivity contribution in [1.82, 2.24) is 15.3 Å². The zero-order chi connectivity index (χ0) is 26.6. The molecule has 0 spiro atoms. The molecule has 4 aromatic rings. The van der Waals surface area contributed by atoms with Gasteiger partial charge in [-0.15, -0.1) is 0 Å². The number of anilines is 2. The minimum absolute atomic E-state index is 0.0161. The molecule has 8 heteroatoms. The molecule has 0 fully saturated rings. The molecule has 0 unspecified atom stereocenters. The molecule has 2 aromatic heterocycles. The highest BCUT2D eigenvalue weighted by atomic mass is 16.5. The Morgan fingerprint density at radius 1 is 0.703 bits per heavy atom. The average Bonchev–Trinajstić information content (AvgIpc) is 2.80. The molecule has 8 nitrogen and oxygen atoms in total. The van der Waals surface area contributed by atoms with Gasteiger partial charge >= 0.3 is 0 Å². The van der Waals surface area contributed by atoms with E-state index in [0.717, 1.165) is 33.4 Å². The monoisotopic (exact) mass is 501 g/mol. The lowest BCUT2D eigenvalue weighted by Crippen LogP contribution is -2.32. The van der Waals surface area contributed by atoms with Gasteiger partial charge in [0, 0.05) is 21.9 Å². The topological polar surface area (TPSA) is 97.4 Å². The first-order valence-corrected chi connectivity index (χ1v) is 12.4. The number of carbonyl (C=O) groups excluding carboxylic acids is 1. The molecular formula is C29H35N5O3. The van der Waals surface area contributed by atoms with Crippen LogP contribution in [0.1, 0.15) is 41.5 Å². The number of carbonyl (C=O) groups is 1. The standard InChI is InChI=1S/C29H35N5O3/c1-28(2,3)33-25-15-13-19-21(31-25)9-7-11-23(19)36-17-27(35)30-18-37-24-12-8-10-22-20(24)14-16-26(32-22)34-29(4,5)6/h7-16H,17-18H2,1-6H3,(H,30,35)(H,31,33)(H,32,34). The van der Waals surface area contributed by atoms with E-state index in [1.54, 1.807) is 0 Å². The third-order valence-electron chi connectivity index (χ3n) is 5.25. The molecule has 4 rings (SSSR count). The van der Waals surface area contributed by atoms with Crippen LogP contribution in [0.25, 0.3) is 21.8 Å². The molecule has 194 valence electrons. The maximum absolute atomic E-state index is 12.4. The minimum atomic E-state index is -0.286. The summed E-state index contributed by atoms with van der Waals surface area (Å²) in [5.74, 6) is 2.55. The van der Waals surface area contributed by atoms with Gasteiger partial charge in [-0.3, -0.25) is 4.79 Å². The summed E-state index contributed by atoms with van der Waals surface area (Å²) in [5.41, 5.74) is 1.42. The van der Waals surface area contributed by atoms with E-state index in [9.17, 15) is 4.79 Å². The van der Waals surface area contributed by atoms with Gasteiger partial charge < -0.3 is 25.4 Å². The molecular weight excluding hydrogens is 466 g/mol. The molecule has 0 aliphatic heterocycles. The Morgan fingerprint density at radius 2 is 1.19 bits per heavy atom. The van der Waals surface area contributed by atoms with Crippen LogP contribution in [-0.2, 0) is 4.79 Å². The Labute approximate surface area is 217 Å². The summed E-state index contributed by atoms with van der Waals surface area (Å²) in [6.07, 6.45) is 0. The maximum atomic E-state index is 12.4.